The summed E-state index contributed by atoms with van der Waals surface area (Å²) < 4.78 is 5.37. The zero-order valence-corrected chi connectivity index (χ0v) is 26.3. The number of nitrogens with zero attached hydrogens (tertiary/aromatic N) is 3. The number of hydrogen-bond donors (Lipinski definition) is 4. The number of ether oxygens (including phenoxy) is 1. The summed E-state index contributed by atoms with van der Waals surface area (Å²) in [6, 6.07) is -0.890. The fourth-order valence-electron chi connectivity index (χ4n) is 7.51. The first kappa shape index (κ1) is 33.7. The van der Waals surface area contributed by atoms with E-state index in [2.05, 4.69) is 70.5 Å². The van der Waals surface area contributed by atoms with Crippen molar-refractivity contribution in [2.45, 2.75) is 111 Å². The molecule has 0 radical (unpaired) electrons. The molecule has 13 heteroatoms. The average molecular weight is 600 g/mol. The van der Waals surface area contributed by atoms with Crippen LogP contribution in [0.3, 0.4) is 0 Å². The summed E-state index contributed by atoms with van der Waals surface area (Å²) in [5.41, 5.74) is -0.765. The zero-order valence-electron chi connectivity index (χ0n) is 26.3. The van der Waals surface area contributed by atoms with Gasteiger partial charge in [-0.3, -0.25) is 15.1 Å². The van der Waals surface area contributed by atoms with Gasteiger partial charge in [-0.15, -0.1) is 0 Å². The van der Waals surface area contributed by atoms with Crippen LogP contribution in [0.2, 0.25) is 0 Å². The molecule has 1 aromatic heterocycles. The maximum Gasteiger partial charge on any atom is 0.407 e. The Labute approximate surface area is 252 Å². The maximum atomic E-state index is 12.8. The normalized spacial score (nSPS) is 27.5. The van der Waals surface area contributed by atoms with Gasteiger partial charge in [-0.05, 0) is 68.6 Å². The first-order valence-electron chi connectivity index (χ1n) is 14.7. The molecule has 2 fully saturated rings. The number of aliphatic imine (C=N–C) groups is 2. The van der Waals surface area contributed by atoms with Gasteiger partial charge >= 0.3 is 12.1 Å². The highest BCUT2D eigenvalue weighted by molar-refractivity contribution is 5.87. The Bertz CT molecular complexity index is 1360. The minimum atomic E-state index is -0.620. The van der Waals surface area contributed by atoms with Crippen molar-refractivity contribution in [3.05, 3.63) is 21.6 Å². The quantitative estimate of drug-likeness (QED) is 0.243. The summed E-state index contributed by atoms with van der Waals surface area (Å²) in [5.74, 6) is 0.000320. The standard InChI is InChI=1S/C30H45N7O6/c1-19-22(8-9-43-26(42)37-30(7)13-21(33-18-39)11-28(4,5)15-30)23(40)35-24(34-19)36-25(41)31-16-29(6)12-20(32-17-38)10-27(2,3)14-29/h20-21H,8-16H2,1-7H3,(H,37,42)(H3,31,34,35,36,40,41). The highest BCUT2D eigenvalue weighted by atomic mass is 16.5. The topological polar surface area (TPSA) is 184 Å². The predicted molar refractivity (Wildman–Crippen MR) is 160 cm³/mol. The lowest BCUT2D eigenvalue weighted by atomic mass is 9.63. The second-order valence-electron chi connectivity index (χ2n) is 14.4. The number of aromatic nitrogens is 2. The van der Waals surface area contributed by atoms with Gasteiger partial charge in [0.15, 0.2) is 0 Å². The number of rotatable bonds is 9. The number of carbonyl (C=O) groups excluding carboxylic acids is 4. The van der Waals surface area contributed by atoms with Gasteiger partial charge in [-0.1, -0.05) is 34.6 Å². The largest absolute Gasteiger partial charge is 0.449 e. The van der Waals surface area contributed by atoms with E-state index in [0.29, 0.717) is 37.1 Å². The van der Waals surface area contributed by atoms with E-state index < -0.39 is 23.2 Å². The van der Waals surface area contributed by atoms with E-state index in [4.69, 9.17) is 4.74 Å². The number of isocyanates is 2. The Balaban J connectivity index is 1.52. The number of H-pyrrole nitrogens is 1. The van der Waals surface area contributed by atoms with E-state index in [1.54, 1.807) is 19.1 Å². The number of aromatic amines is 1. The zero-order chi connectivity index (χ0) is 32.1. The molecular weight excluding hydrogens is 554 g/mol. The third-order valence-electron chi connectivity index (χ3n) is 8.35. The molecule has 1 heterocycles. The predicted octanol–water partition coefficient (Wildman–Crippen LogP) is 4.06. The number of anilines is 1. The van der Waals surface area contributed by atoms with Crippen LogP contribution in [0, 0.1) is 23.2 Å². The highest BCUT2D eigenvalue weighted by Gasteiger charge is 2.43. The first-order chi connectivity index (χ1) is 20.0. The van der Waals surface area contributed by atoms with Gasteiger partial charge in [-0.25, -0.2) is 34.1 Å². The van der Waals surface area contributed by atoms with E-state index in [0.717, 1.165) is 19.3 Å². The van der Waals surface area contributed by atoms with Gasteiger partial charge in [0, 0.05) is 24.1 Å². The van der Waals surface area contributed by atoms with E-state index in [1.165, 1.54) is 0 Å². The van der Waals surface area contributed by atoms with Crippen molar-refractivity contribution in [3.63, 3.8) is 0 Å². The number of nitrogens with one attached hydrogen (secondary N) is 4. The Kier molecular flexibility index (Phi) is 10.4. The maximum absolute atomic E-state index is 12.8. The van der Waals surface area contributed by atoms with Crippen LogP contribution in [0.4, 0.5) is 15.5 Å². The van der Waals surface area contributed by atoms with Crippen molar-refractivity contribution in [2.24, 2.45) is 26.2 Å². The highest BCUT2D eigenvalue weighted by Crippen LogP contribution is 2.46. The number of amides is 3. The Morgan fingerprint density at radius 2 is 1.58 bits per heavy atom. The molecule has 2 aliphatic carbocycles. The monoisotopic (exact) mass is 599 g/mol. The van der Waals surface area contributed by atoms with Crippen molar-refractivity contribution < 1.29 is 23.9 Å². The van der Waals surface area contributed by atoms with Gasteiger partial charge < -0.3 is 15.4 Å². The summed E-state index contributed by atoms with van der Waals surface area (Å²) in [6.45, 7) is 14.3. The SMILES string of the molecule is Cc1nc(NC(=O)NCC2(C)CC(N=C=O)CC(C)(C)C2)[nH]c(=O)c1CCOC(=O)NC1(C)CC(N=C=O)CC(C)(C)C1. The molecule has 4 atom stereocenters. The van der Waals surface area contributed by atoms with Crippen LogP contribution in [0.1, 0.15) is 91.3 Å². The molecule has 0 bridgehead atoms. The smallest absolute Gasteiger partial charge is 0.407 e. The molecule has 3 amide bonds. The minimum Gasteiger partial charge on any atom is -0.449 e. The molecular formula is C30H45N7O6. The summed E-state index contributed by atoms with van der Waals surface area (Å²) in [6.07, 6.45) is 7.00. The van der Waals surface area contributed by atoms with E-state index in [-0.39, 0.29) is 47.3 Å². The van der Waals surface area contributed by atoms with Crippen molar-refractivity contribution in [1.29, 1.82) is 0 Å². The Morgan fingerprint density at radius 3 is 2.19 bits per heavy atom. The van der Waals surface area contributed by atoms with Gasteiger partial charge in [-0.2, -0.15) is 0 Å². The van der Waals surface area contributed by atoms with Crippen LogP contribution in [-0.2, 0) is 20.7 Å². The molecule has 13 nitrogen and oxygen atoms in total. The first-order valence-corrected chi connectivity index (χ1v) is 14.7. The molecule has 2 aliphatic rings. The molecule has 4 N–H and O–H groups in total. The van der Waals surface area contributed by atoms with E-state index >= 15 is 0 Å². The lowest BCUT2D eigenvalue weighted by Gasteiger charge is -2.45. The summed E-state index contributed by atoms with van der Waals surface area (Å²) in [4.78, 5) is 74.3. The van der Waals surface area contributed by atoms with E-state index in [1.807, 2.05) is 6.92 Å². The molecule has 236 valence electrons. The van der Waals surface area contributed by atoms with Crippen molar-refractivity contribution in [2.75, 3.05) is 18.5 Å². The van der Waals surface area contributed by atoms with Crippen LogP contribution >= 0.6 is 0 Å². The minimum absolute atomic E-state index is 0.000320. The molecule has 43 heavy (non-hydrogen) atoms. The average Bonchev–Trinajstić information content (AvgIpc) is 2.82. The molecule has 2 saturated carbocycles. The Morgan fingerprint density at radius 1 is 0.977 bits per heavy atom. The van der Waals surface area contributed by atoms with Gasteiger partial charge in [0.25, 0.3) is 5.56 Å². The van der Waals surface area contributed by atoms with Gasteiger partial charge in [0.1, 0.15) is 0 Å². The summed E-state index contributed by atoms with van der Waals surface area (Å²) in [5, 5.41) is 8.34. The molecule has 0 aliphatic heterocycles. The van der Waals surface area contributed by atoms with Gasteiger partial charge in [0.2, 0.25) is 18.1 Å². The molecule has 0 aromatic carbocycles. The number of aryl methyl sites for hydroxylation is 1. The van der Waals surface area contributed by atoms with Crippen LogP contribution in [0.5, 0.6) is 0 Å². The summed E-state index contributed by atoms with van der Waals surface area (Å²) in [7, 11) is 0. The second-order valence-corrected chi connectivity index (χ2v) is 14.4. The fraction of sp³-hybridized carbons (Fsp3) is 0.733. The molecule has 3 rings (SSSR count). The van der Waals surface area contributed by atoms with Crippen molar-refractivity contribution >= 4 is 30.2 Å². The van der Waals surface area contributed by atoms with Gasteiger partial charge in [0.05, 0.1) is 24.4 Å². The third kappa shape index (κ3) is 9.86. The second kappa shape index (κ2) is 13.2. The lowest BCUT2D eigenvalue weighted by Crippen LogP contribution is -2.54. The van der Waals surface area contributed by atoms with Crippen molar-refractivity contribution in [3.8, 4) is 0 Å². The van der Waals surface area contributed by atoms with Crippen LogP contribution in [0.25, 0.3) is 0 Å². The van der Waals surface area contributed by atoms with Crippen LogP contribution in [0.15, 0.2) is 14.8 Å². The summed E-state index contributed by atoms with van der Waals surface area (Å²) >= 11 is 0. The van der Waals surface area contributed by atoms with Crippen molar-refractivity contribution in [1.82, 2.24) is 20.6 Å². The number of alkyl carbamates (subject to hydrolysis) is 1. The van der Waals surface area contributed by atoms with E-state index in [9.17, 15) is 24.0 Å². The number of hydrogen-bond acceptors (Lipinski definition) is 9. The number of carbonyl (C=O) groups is 2. The third-order valence-corrected chi connectivity index (χ3v) is 8.35. The number of urea groups is 1. The molecule has 0 spiro atoms. The van der Waals surface area contributed by atoms with Crippen LogP contribution in [-0.4, -0.2) is 65.0 Å². The fourth-order valence-corrected chi connectivity index (χ4v) is 7.51. The lowest BCUT2D eigenvalue weighted by molar-refractivity contribution is 0.0855. The molecule has 0 saturated heterocycles. The molecule has 1 aromatic rings. The molecule has 4 unspecified atom stereocenters. The Hall–Kier alpha value is -3.82. The van der Waals surface area contributed by atoms with Crippen LogP contribution < -0.4 is 21.5 Å².